The second-order valence-electron chi connectivity index (χ2n) is 4.90. The Kier molecular flexibility index (Phi) is 3.01. The number of ether oxygens (including phenoxy) is 1. The van der Waals surface area contributed by atoms with E-state index in [9.17, 15) is 9.59 Å². The normalized spacial score (nSPS) is 23.2. The molecular formula is C14H15NO3S. The topological polar surface area (TPSA) is 55.4 Å². The van der Waals surface area contributed by atoms with Crippen molar-refractivity contribution in [1.82, 2.24) is 5.32 Å². The maximum Gasteiger partial charge on any atom is 0.236 e. The molecule has 1 aromatic rings. The van der Waals surface area contributed by atoms with Crippen LogP contribution in [-0.2, 0) is 4.79 Å². The number of ketones is 1. The molecule has 1 unspecified atom stereocenters. The molecule has 0 radical (unpaired) electrons. The number of amides is 1. The molecule has 4 nitrogen and oxygen atoms in total. The second-order valence-corrected chi connectivity index (χ2v) is 6.09. The third-order valence-corrected chi connectivity index (χ3v) is 5.06. The van der Waals surface area contributed by atoms with Gasteiger partial charge in [-0.3, -0.25) is 9.59 Å². The summed E-state index contributed by atoms with van der Waals surface area (Å²) in [7, 11) is 0. The first-order valence-corrected chi connectivity index (χ1v) is 7.51. The summed E-state index contributed by atoms with van der Waals surface area (Å²) in [6.45, 7) is 0.214. The Bertz CT molecular complexity index is 539. The molecule has 0 aromatic heterocycles. The Balaban J connectivity index is 1.74. The zero-order chi connectivity index (χ0) is 13.5. The van der Waals surface area contributed by atoms with Gasteiger partial charge in [0.05, 0.1) is 10.3 Å². The van der Waals surface area contributed by atoms with Crippen molar-refractivity contribution < 1.29 is 14.3 Å². The van der Waals surface area contributed by atoms with Crippen LogP contribution in [0.1, 0.15) is 23.2 Å². The summed E-state index contributed by atoms with van der Waals surface area (Å²) in [6.07, 6.45) is 3.71. The molecule has 1 heterocycles. The van der Waals surface area contributed by atoms with E-state index in [1.54, 1.807) is 30.0 Å². The second kappa shape index (κ2) is 4.56. The average molecular weight is 277 g/mol. The lowest BCUT2D eigenvalue weighted by atomic mass is 10.0. The minimum Gasteiger partial charge on any atom is -0.490 e. The third kappa shape index (κ3) is 2.12. The van der Waals surface area contributed by atoms with Gasteiger partial charge in [0.1, 0.15) is 18.4 Å². The molecule has 0 bridgehead atoms. The van der Waals surface area contributed by atoms with Gasteiger partial charge in [0.15, 0.2) is 5.78 Å². The number of carbonyl (C=O) groups is 2. The van der Waals surface area contributed by atoms with E-state index in [2.05, 4.69) is 5.32 Å². The first kappa shape index (κ1) is 12.5. The molecule has 100 valence electrons. The lowest BCUT2D eigenvalue weighted by molar-refractivity contribution is -0.121. The van der Waals surface area contributed by atoms with Crippen molar-refractivity contribution in [3.05, 3.63) is 29.8 Å². The van der Waals surface area contributed by atoms with Crippen LogP contribution < -0.4 is 10.1 Å². The average Bonchev–Trinajstić information content (AvgIpc) is 3.23. The number of fused-ring (bicyclic) bond motifs is 1. The van der Waals surface area contributed by atoms with Crippen LogP contribution in [0.2, 0.25) is 0 Å². The van der Waals surface area contributed by atoms with Crippen molar-refractivity contribution in [1.29, 1.82) is 0 Å². The largest absolute Gasteiger partial charge is 0.490 e. The molecule has 1 aliphatic carbocycles. The fourth-order valence-corrected chi connectivity index (χ4v) is 3.02. The van der Waals surface area contributed by atoms with Gasteiger partial charge in [0.25, 0.3) is 0 Å². The van der Waals surface area contributed by atoms with Crippen molar-refractivity contribution in [2.24, 2.45) is 0 Å². The fraction of sp³-hybridized carbons (Fsp3) is 0.429. The number of benzene rings is 1. The minimum atomic E-state index is -0.563. The van der Waals surface area contributed by atoms with Gasteiger partial charge in [-0.25, -0.2) is 0 Å². The quantitative estimate of drug-likeness (QED) is 0.912. The highest BCUT2D eigenvalue weighted by Gasteiger charge is 2.50. The lowest BCUT2D eigenvalue weighted by Crippen LogP contribution is -2.50. The van der Waals surface area contributed by atoms with Crippen LogP contribution in [0.25, 0.3) is 0 Å². The van der Waals surface area contributed by atoms with E-state index in [0.717, 1.165) is 12.8 Å². The number of rotatable bonds is 3. The third-order valence-electron chi connectivity index (χ3n) is 3.69. The van der Waals surface area contributed by atoms with Crippen LogP contribution in [0.15, 0.2) is 24.3 Å². The Morgan fingerprint density at radius 3 is 2.84 bits per heavy atom. The van der Waals surface area contributed by atoms with E-state index in [1.807, 2.05) is 12.3 Å². The van der Waals surface area contributed by atoms with Crippen molar-refractivity contribution >= 4 is 23.5 Å². The standard InChI is InChI=1S/C14H15NO3S/c1-19-14(6-7-14)13(17)15-10-8-18-11-5-3-2-4-9(11)12(10)16/h2-5,10H,6-8H2,1H3,(H,15,17). The van der Waals surface area contributed by atoms with Gasteiger partial charge in [-0.15, -0.1) is 11.8 Å². The zero-order valence-corrected chi connectivity index (χ0v) is 11.5. The molecule has 0 spiro atoms. The van der Waals surface area contributed by atoms with E-state index >= 15 is 0 Å². The first-order valence-electron chi connectivity index (χ1n) is 6.28. The molecule has 0 saturated heterocycles. The van der Waals surface area contributed by atoms with E-state index in [0.29, 0.717) is 11.3 Å². The lowest BCUT2D eigenvalue weighted by Gasteiger charge is -2.26. The van der Waals surface area contributed by atoms with Gasteiger partial charge in [-0.05, 0) is 31.2 Å². The van der Waals surface area contributed by atoms with Gasteiger partial charge in [0, 0.05) is 0 Å². The summed E-state index contributed by atoms with van der Waals surface area (Å²) in [5.41, 5.74) is 0.549. The summed E-state index contributed by atoms with van der Waals surface area (Å²) in [5, 5.41) is 2.83. The number of para-hydroxylation sites is 1. The highest BCUT2D eigenvalue weighted by molar-refractivity contribution is 8.01. The van der Waals surface area contributed by atoms with E-state index in [-0.39, 0.29) is 23.0 Å². The summed E-state index contributed by atoms with van der Waals surface area (Å²) in [4.78, 5) is 24.4. The summed E-state index contributed by atoms with van der Waals surface area (Å²) >= 11 is 1.56. The fourth-order valence-electron chi connectivity index (χ4n) is 2.27. The molecule has 1 N–H and O–H groups in total. The van der Waals surface area contributed by atoms with Crippen LogP contribution in [0.3, 0.4) is 0 Å². The van der Waals surface area contributed by atoms with Crippen molar-refractivity contribution in [2.75, 3.05) is 12.9 Å². The zero-order valence-electron chi connectivity index (χ0n) is 10.6. The Morgan fingerprint density at radius 1 is 1.42 bits per heavy atom. The summed E-state index contributed by atoms with van der Waals surface area (Å²) < 4.78 is 5.22. The molecule has 19 heavy (non-hydrogen) atoms. The van der Waals surface area contributed by atoms with E-state index < -0.39 is 6.04 Å². The highest BCUT2D eigenvalue weighted by atomic mass is 32.2. The molecule has 1 fully saturated rings. The van der Waals surface area contributed by atoms with E-state index in [4.69, 9.17) is 4.74 Å². The number of carbonyl (C=O) groups excluding carboxylic acids is 2. The van der Waals surface area contributed by atoms with Gasteiger partial charge in [0.2, 0.25) is 5.91 Å². The highest BCUT2D eigenvalue weighted by Crippen LogP contribution is 2.47. The monoisotopic (exact) mass is 277 g/mol. The molecule has 2 aliphatic rings. The molecule has 1 aliphatic heterocycles. The minimum absolute atomic E-state index is 0.0404. The Hall–Kier alpha value is -1.49. The van der Waals surface area contributed by atoms with Crippen molar-refractivity contribution in [3.63, 3.8) is 0 Å². The smallest absolute Gasteiger partial charge is 0.236 e. The molecular weight excluding hydrogens is 262 g/mol. The van der Waals surface area contributed by atoms with Crippen molar-refractivity contribution in [2.45, 2.75) is 23.6 Å². The van der Waals surface area contributed by atoms with Gasteiger partial charge < -0.3 is 10.1 Å². The van der Waals surface area contributed by atoms with Crippen molar-refractivity contribution in [3.8, 4) is 5.75 Å². The number of hydrogen-bond donors (Lipinski definition) is 1. The summed E-state index contributed by atoms with van der Waals surface area (Å²) in [5.74, 6) is 0.498. The molecule has 1 atom stereocenters. The Labute approximate surface area is 115 Å². The molecule has 1 saturated carbocycles. The molecule has 1 aromatic carbocycles. The van der Waals surface area contributed by atoms with Crippen LogP contribution in [0, 0.1) is 0 Å². The number of hydrogen-bond acceptors (Lipinski definition) is 4. The van der Waals surface area contributed by atoms with Crippen LogP contribution >= 0.6 is 11.8 Å². The molecule has 3 rings (SSSR count). The maximum atomic E-state index is 12.3. The molecule has 1 amide bonds. The molecule has 5 heteroatoms. The predicted octanol–water partition coefficient (Wildman–Crippen LogP) is 1.64. The number of Topliss-reactive ketones (excluding diaryl/α,β-unsaturated/α-hetero) is 1. The van der Waals surface area contributed by atoms with Crippen LogP contribution in [0.4, 0.5) is 0 Å². The van der Waals surface area contributed by atoms with E-state index in [1.165, 1.54) is 0 Å². The predicted molar refractivity (Wildman–Crippen MR) is 73.7 cm³/mol. The van der Waals surface area contributed by atoms with Gasteiger partial charge in [-0.2, -0.15) is 0 Å². The number of nitrogens with one attached hydrogen (secondary N) is 1. The Morgan fingerprint density at radius 2 is 2.16 bits per heavy atom. The summed E-state index contributed by atoms with van der Waals surface area (Å²) in [6, 6.07) is 6.58. The SMILES string of the molecule is CSC1(C(=O)NC2COc3ccccc3C2=O)CC1. The maximum absolute atomic E-state index is 12.3. The first-order chi connectivity index (χ1) is 9.16. The number of thioether (sulfide) groups is 1. The van der Waals surface area contributed by atoms with Gasteiger partial charge in [-0.1, -0.05) is 12.1 Å². The van der Waals surface area contributed by atoms with Crippen LogP contribution in [0.5, 0.6) is 5.75 Å². The van der Waals surface area contributed by atoms with Crippen LogP contribution in [-0.4, -0.2) is 35.3 Å². The van der Waals surface area contributed by atoms with Gasteiger partial charge >= 0.3 is 0 Å².